The van der Waals surface area contributed by atoms with Crippen molar-refractivity contribution in [2.45, 2.75) is 24.7 Å². The number of esters is 1. The van der Waals surface area contributed by atoms with E-state index in [0.29, 0.717) is 43.9 Å². The number of thiophene rings is 1. The Morgan fingerprint density at radius 2 is 2.12 bits per heavy atom. The lowest BCUT2D eigenvalue weighted by atomic mass is 10.3. The van der Waals surface area contributed by atoms with Gasteiger partial charge < -0.3 is 14.8 Å². The molecular weight excluding hydrogens is 507 g/mol. The molecule has 0 aliphatic rings. The number of thioether (sulfide) groups is 1. The molecule has 1 amide bonds. The second-order valence-corrected chi connectivity index (χ2v) is 9.27. The second kappa shape index (κ2) is 11.6. The first kappa shape index (κ1) is 25.1. The van der Waals surface area contributed by atoms with E-state index in [0.717, 1.165) is 0 Å². The van der Waals surface area contributed by atoms with Gasteiger partial charge in [-0.25, -0.2) is 4.79 Å². The molecule has 1 N–H and O–H groups in total. The Kier molecular flexibility index (Phi) is 8.79. The van der Waals surface area contributed by atoms with Crippen LogP contribution in [-0.2, 0) is 16.1 Å². The quantitative estimate of drug-likeness (QED) is 0.212. The first-order valence-corrected chi connectivity index (χ1v) is 12.2. The summed E-state index contributed by atoms with van der Waals surface area (Å²) in [5.41, 5.74) is 0.309. The van der Waals surface area contributed by atoms with Gasteiger partial charge in [-0.15, -0.1) is 28.1 Å². The number of benzene rings is 1. The smallest absolute Gasteiger partial charge is 0.340 e. The number of anilines is 1. The molecule has 1 atom stereocenters. The number of aromatic nitrogens is 3. The third-order valence-corrected chi connectivity index (χ3v) is 6.62. The van der Waals surface area contributed by atoms with Crippen LogP contribution in [0.4, 0.5) is 5.00 Å². The molecule has 0 aliphatic heterocycles. The number of rotatable bonds is 10. The topological polar surface area (TPSA) is 95.3 Å². The fourth-order valence-electron chi connectivity index (χ4n) is 2.79. The minimum atomic E-state index is -0.511. The molecule has 1 aromatic carbocycles. The normalized spacial score (nSPS) is 11.6. The summed E-state index contributed by atoms with van der Waals surface area (Å²) in [7, 11) is 1.29. The van der Waals surface area contributed by atoms with Gasteiger partial charge in [0.15, 0.2) is 17.1 Å². The van der Waals surface area contributed by atoms with Crippen LogP contribution in [-0.4, -0.2) is 39.5 Å². The zero-order chi connectivity index (χ0) is 24.0. The Hall–Kier alpha value is -2.53. The van der Waals surface area contributed by atoms with Crippen LogP contribution < -0.4 is 10.1 Å². The maximum atomic E-state index is 12.5. The molecule has 174 valence electrons. The highest BCUT2D eigenvalue weighted by atomic mass is 35.5. The standard InChI is InChI=1S/C21H20Cl2N4O4S2/c1-4-8-27-18(12(2)31-16-10-13(22)5-6-15(16)23)25-26-21(27)33-11-17(28)24-19-14(7-9-32-19)20(29)30-3/h4-7,9-10,12H,1,8,11H2,2-3H3,(H,24,28). The van der Waals surface area contributed by atoms with Crippen LogP contribution in [0.15, 0.2) is 47.5 Å². The SMILES string of the molecule is C=CCn1c(SCC(=O)Nc2sccc2C(=O)OC)nnc1C(C)Oc1cc(Cl)ccc1Cl. The van der Waals surface area contributed by atoms with E-state index in [4.69, 9.17) is 32.7 Å². The van der Waals surface area contributed by atoms with Crippen LogP contribution in [0, 0.1) is 0 Å². The van der Waals surface area contributed by atoms with E-state index in [9.17, 15) is 9.59 Å². The van der Waals surface area contributed by atoms with E-state index in [1.165, 1.54) is 30.2 Å². The van der Waals surface area contributed by atoms with Crippen LogP contribution in [0.5, 0.6) is 5.75 Å². The number of nitrogens with one attached hydrogen (secondary N) is 1. The molecule has 0 radical (unpaired) electrons. The van der Waals surface area contributed by atoms with Crippen LogP contribution in [0.25, 0.3) is 0 Å². The Labute approximate surface area is 208 Å². The molecular formula is C21H20Cl2N4O4S2. The van der Waals surface area contributed by atoms with Gasteiger partial charge in [-0.3, -0.25) is 9.36 Å². The molecule has 3 rings (SSSR count). The number of hydrogen-bond acceptors (Lipinski definition) is 8. The fourth-order valence-corrected chi connectivity index (χ4v) is 4.66. The molecule has 8 nitrogen and oxygen atoms in total. The van der Waals surface area contributed by atoms with Gasteiger partial charge >= 0.3 is 5.97 Å². The van der Waals surface area contributed by atoms with Gasteiger partial charge in [0.1, 0.15) is 10.8 Å². The zero-order valence-electron chi connectivity index (χ0n) is 17.7. The minimum Gasteiger partial charge on any atom is -0.481 e. The van der Waals surface area contributed by atoms with E-state index in [2.05, 4.69) is 22.1 Å². The van der Waals surface area contributed by atoms with E-state index in [-0.39, 0.29) is 11.7 Å². The number of ether oxygens (including phenoxy) is 2. The van der Waals surface area contributed by atoms with Crippen molar-refractivity contribution in [1.29, 1.82) is 0 Å². The van der Waals surface area contributed by atoms with Crippen LogP contribution in [0.1, 0.15) is 29.2 Å². The van der Waals surface area contributed by atoms with Crippen LogP contribution in [0.3, 0.4) is 0 Å². The van der Waals surface area contributed by atoms with Gasteiger partial charge in [0.25, 0.3) is 0 Å². The van der Waals surface area contributed by atoms with E-state index in [1.807, 2.05) is 6.92 Å². The highest BCUT2D eigenvalue weighted by Crippen LogP contribution is 2.32. The summed E-state index contributed by atoms with van der Waals surface area (Å²) in [4.78, 5) is 24.2. The monoisotopic (exact) mass is 526 g/mol. The summed E-state index contributed by atoms with van der Waals surface area (Å²) in [6, 6.07) is 6.55. The molecule has 0 aliphatic carbocycles. The number of allylic oxidation sites excluding steroid dienone is 1. The average molecular weight is 527 g/mol. The number of methoxy groups -OCH3 is 1. The van der Waals surface area contributed by atoms with Gasteiger partial charge in [0.2, 0.25) is 5.91 Å². The fraction of sp³-hybridized carbons (Fsp3) is 0.238. The zero-order valence-corrected chi connectivity index (χ0v) is 20.9. The Bertz CT molecular complexity index is 1170. The lowest BCUT2D eigenvalue weighted by Crippen LogP contribution is -2.16. The Morgan fingerprint density at radius 3 is 2.85 bits per heavy atom. The first-order valence-electron chi connectivity index (χ1n) is 9.58. The molecule has 12 heteroatoms. The maximum Gasteiger partial charge on any atom is 0.340 e. The van der Waals surface area contributed by atoms with E-state index in [1.54, 1.807) is 40.3 Å². The average Bonchev–Trinajstić information content (AvgIpc) is 3.41. The molecule has 3 aromatic rings. The number of halogens is 2. The summed E-state index contributed by atoms with van der Waals surface area (Å²) in [5.74, 6) is 0.222. The summed E-state index contributed by atoms with van der Waals surface area (Å²) in [6.07, 6.45) is 1.20. The molecule has 0 fully saturated rings. The van der Waals surface area contributed by atoms with E-state index >= 15 is 0 Å². The molecule has 0 saturated carbocycles. The second-order valence-electron chi connectivity index (χ2n) is 6.57. The number of carbonyl (C=O) groups excluding carboxylic acids is 2. The third kappa shape index (κ3) is 6.29. The molecule has 2 heterocycles. The van der Waals surface area contributed by atoms with Crippen LogP contribution >= 0.6 is 46.3 Å². The summed E-state index contributed by atoms with van der Waals surface area (Å²) in [6.45, 7) is 6.01. The Balaban J connectivity index is 1.69. The first-order chi connectivity index (χ1) is 15.8. The van der Waals surface area contributed by atoms with Crippen LogP contribution in [0.2, 0.25) is 10.0 Å². The van der Waals surface area contributed by atoms with E-state index < -0.39 is 12.1 Å². The summed E-state index contributed by atoms with van der Waals surface area (Å²) >= 11 is 14.7. The number of nitrogens with zero attached hydrogens (tertiary/aromatic N) is 3. The molecule has 2 aromatic heterocycles. The molecule has 0 bridgehead atoms. The molecule has 0 saturated heterocycles. The molecule has 1 unspecified atom stereocenters. The largest absolute Gasteiger partial charge is 0.481 e. The molecule has 0 spiro atoms. The Morgan fingerprint density at radius 1 is 1.33 bits per heavy atom. The maximum absolute atomic E-state index is 12.5. The van der Waals surface area contributed by atoms with Crippen molar-refractivity contribution in [2.75, 3.05) is 18.2 Å². The molecule has 33 heavy (non-hydrogen) atoms. The number of carbonyl (C=O) groups is 2. The third-order valence-electron chi connectivity index (χ3n) is 4.27. The lowest BCUT2D eigenvalue weighted by molar-refractivity contribution is -0.113. The number of amides is 1. The van der Waals surface area contributed by atoms with Gasteiger partial charge in [-0.1, -0.05) is 41.0 Å². The van der Waals surface area contributed by atoms with Crippen molar-refractivity contribution < 1.29 is 19.1 Å². The predicted octanol–water partition coefficient (Wildman–Crippen LogP) is 5.49. The van der Waals surface area contributed by atoms with Gasteiger partial charge in [-0.05, 0) is 30.5 Å². The van der Waals surface area contributed by atoms with Crippen molar-refractivity contribution >= 4 is 63.2 Å². The van der Waals surface area contributed by atoms with Crippen molar-refractivity contribution in [1.82, 2.24) is 14.8 Å². The van der Waals surface area contributed by atoms with Gasteiger partial charge in [0.05, 0.1) is 23.4 Å². The van der Waals surface area contributed by atoms with Crippen molar-refractivity contribution in [2.24, 2.45) is 0 Å². The van der Waals surface area contributed by atoms with Crippen molar-refractivity contribution in [3.63, 3.8) is 0 Å². The lowest BCUT2D eigenvalue weighted by Gasteiger charge is -2.16. The number of hydrogen-bond donors (Lipinski definition) is 1. The summed E-state index contributed by atoms with van der Waals surface area (Å²) < 4.78 is 12.5. The highest BCUT2D eigenvalue weighted by molar-refractivity contribution is 7.99. The van der Waals surface area contributed by atoms with Gasteiger partial charge in [0, 0.05) is 17.6 Å². The highest BCUT2D eigenvalue weighted by Gasteiger charge is 2.21. The minimum absolute atomic E-state index is 0.0587. The predicted molar refractivity (Wildman–Crippen MR) is 131 cm³/mol. The van der Waals surface area contributed by atoms with Crippen molar-refractivity contribution in [3.05, 3.63) is 63.7 Å². The van der Waals surface area contributed by atoms with Crippen molar-refractivity contribution in [3.8, 4) is 5.75 Å². The van der Waals surface area contributed by atoms with Gasteiger partial charge in [-0.2, -0.15) is 0 Å². The summed E-state index contributed by atoms with van der Waals surface area (Å²) in [5, 5.41) is 14.7.